The molecular weight excluding hydrogens is 224 g/mol. The molecule has 2 rings (SSSR count). The van der Waals surface area contributed by atoms with E-state index in [0.29, 0.717) is 11.6 Å². The quantitative estimate of drug-likeness (QED) is 0.860. The monoisotopic (exact) mass is 238 g/mol. The standard InChI is InChI=1S/C11H15ClN4/c1-7(13)6-14-11-15-9-5-8(12)3-4-10(9)16(11)2/h3-5,7H,6,13H2,1-2H3,(H,14,15). The zero-order valence-corrected chi connectivity index (χ0v) is 10.1. The summed E-state index contributed by atoms with van der Waals surface area (Å²) in [6, 6.07) is 5.78. The van der Waals surface area contributed by atoms with E-state index in [1.165, 1.54) is 0 Å². The first kappa shape index (κ1) is 11.2. The minimum absolute atomic E-state index is 0.100. The van der Waals surface area contributed by atoms with Crippen LogP contribution in [-0.4, -0.2) is 22.1 Å². The second-order valence-corrected chi connectivity index (χ2v) is 4.42. The molecule has 1 atom stereocenters. The van der Waals surface area contributed by atoms with Crippen LogP contribution in [0, 0.1) is 0 Å². The van der Waals surface area contributed by atoms with E-state index < -0.39 is 0 Å². The highest BCUT2D eigenvalue weighted by Crippen LogP contribution is 2.21. The van der Waals surface area contributed by atoms with Crippen LogP contribution in [0.15, 0.2) is 18.2 Å². The van der Waals surface area contributed by atoms with Gasteiger partial charge in [-0.1, -0.05) is 11.6 Å². The first-order valence-electron chi connectivity index (χ1n) is 5.19. The van der Waals surface area contributed by atoms with Gasteiger partial charge in [0.05, 0.1) is 11.0 Å². The number of nitrogens with zero attached hydrogens (tertiary/aromatic N) is 2. The predicted octanol–water partition coefficient (Wildman–Crippen LogP) is 1.99. The Morgan fingerprint density at radius 1 is 1.56 bits per heavy atom. The molecule has 0 spiro atoms. The van der Waals surface area contributed by atoms with Crippen molar-refractivity contribution in [2.75, 3.05) is 11.9 Å². The van der Waals surface area contributed by atoms with Crippen molar-refractivity contribution in [3.8, 4) is 0 Å². The molecule has 1 aromatic carbocycles. The number of fused-ring (bicyclic) bond motifs is 1. The number of aromatic nitrogens is 2. The topological polar surface area (TPSA) is 55.9 Å². The summed E-state index contributed by atoms with van der Waals surface area (Å²) < 4.78 is 1.99. The van der Waals surface area contributed by atoms with Crippen LogP contribution in [0.25, 0.3) is 11.0 Å². The van der Waals surface area contributed by atoms with Crippen molar-refractivity contribution >= 4 is 28.6 Å². The fourth-order valence-electron chi connectivity index (χ4n) is 1.58. The van der Waals surface area contributed by atoms with Gasteiger partial charge in [0, 0.05) is 24.7 Å². The molecule has 0 amide bonds. The molecule has 0 saturated heterocycles. The van der Waals surface area contributed by atoms with Crippen LogP contribution in [-0.2, 0) is 7.05 Å². The van der Waals surface area contributed by atoms with Gasteiger partial charge in [0.15, 0.2) is 0 Å². The second-order valence-electron chi connectivity index (χ2n) is 3.99. The molecule has 0 bridgehead atoms. The molecule has 5 heteroatoms. The molecule has 4 nitrogen and oxygen atoms in total. The van der Waals surface area contributed by atoms with E-state index in [0.717, 1.165) is 17.0 Å². The van der Waals surface area contributed by atoms with Gasteiger partial charge in [0.1, 0.15) is 0 Å². The summed E-state index contributed by atoms with van der Waals surface area (Å²) in [7, 11) is 1.97. The summed E-state index contributed by atoms with van der Waals surface area (Å²) in [6.07, 6.45) is 0. The van der Waals surface area contributed by atoms with Crippen molar-refractivity contribution in [3.05, 3.63) is 23.2 Å². The lowest BCUT2D eigenvalue weighted by molar-refractivity contribution is 0.767. The van der Waals surface area contributed by atoms with Gasteiger partial charge in [-0.05, 0) is 25.1 Å². The number of nitrogens with two attached hydrogens (primary N) is 1. The summed E-state index contributed by atoms with van der Waals surface area (Å²) in [6.45, 7) is 2.65. The third-order valence-corrected chi connectivity index (χ3v) is 2.66. The number of hydrogen-bond acceptors (Lipinski definition) is 3. The average Bonchev–Trinajstić information content (AvgIpc) is 2.52. The number of halogens is 1. The van der Waals surface area contributed by atoms with Crippen molar-refractivity contribution in [2.45, 2.75) is 13.0 Å². The molecule has 86 valence electrons. The van der Waals surface area contributed by atoms with Gasteiger partial charge in [-0.2, -0.15) is 0 Å². The van der Waals surface area contributed by atoms with Crippen LogP contribution in [0.2, 0.25) is 5.02 Å². The van der Waals surface area contributed by atoms with Crippen molar-refractivity contribution in [2.24, 2.45) is 12.8 Å². The van der Waals surface area contributed by atoms with Crippen LogP contribution in [0.1, 0.15) is 6.92 Å². The van der Waals surface area contributed by atoms with Gasteiger partial charge in [0.2, 0.25) is 5.95 Å². The number of benzene rings is 1. The molecular formula is C11H15ClN4. The Hall–Kier alpha value is -1.26. The number of imidazole rings is 1. The smallest absolute Gasteiger partial charge is 0.203 e. The SMILES string of the molecule is CC(N)CNc1nc2cc(Cl)ccc2n1C. The van der Waals surface area contributed by atoms with Gasteiger partial charge in [-0.25, -0.2) is 4.98 Å². The molecule has 16 heavy (non-hydrogen) atoms. The molecule has 0 fully saturated rings. The molecule has 1 unspecified atom stereocenters. The largest absolute Gasteiger partial charge is 0.354 e. The second kappa shape index (κ2) is 4.31. The fraction of sp³-hybridized carbons (Fsp3) is 0.364. The van der Waals surface area contributed by atoms with Gasteiger partial charge in [0.25, 0.3) is 0 Å². The van der Waals surface area contributed by atoms with Crippen LogP contribution in [0.5, 0.6) is 0 Å². The maximum Gasteiger partial charge on any atom is 0.203 e. The molecule has 0 saturated carbocycles. The van der Waals surface area contributed by atoms with Gasteiger partial charge in [-0.15, -0.1) is 0 Å². The van der Waals surface area contributed by atoms with E-state index in [4.69, 9.17) is 17.3 Å². The highest BCUT2D eigenvalue weighted by molar-refractivity contribution is 6.31. The molecule has 1 aromatic heterocycles. The lowest BCUT2D eigenvalue weighted by Gasteiger charge is -2.08. The maximum atomic E-state index is 5.92. The summed E-state index contributed by atoms with van der Waals surface area (Å²) >= 11 is 5.92. The van der Waals surface area contributed by atoms with E-state index in [2.05, 4.69) is 10.3 Å². The highest BCUT2D eigenvalue weighted by Gasteiger charge is 2.07. The maximum absolute atomic E-state index is 5.92. The molecule has 2 aromatic rings. The van der Waals surface area contributed by atoms with E-state index in [-0.39, 0.29) is 6.04 Å². The van der Waals surface area contributed by atoms with E-state index >= 15 is 0 Å². The van der Waals surface area contributed by atoms with E-state index in [1.54, 1.807) is 0 Å². The fourth-order valence-corrected chi connectivity index (χ4v) is 1.75. The summed E-state index contributed by atoms with van der Waals surface area (Å²) in [5.41, 5.74) is 7.63. The number of rotatable bonds is 3. The molecule has 0 radical (unpaired) electrons. The Bertz CT molecular complexity index is 504. The van der Waals surface area contributed by atoms with Gasteiger partial charge in [-0.3, -0.25) is 0 Å². The average molecular weight is 239 g/mol. The Balaban J connectivity index is 2.36. The number of nitrogens with one attached hydrogen (secondary N) is 1. The normalized spacial score (nSPS) is 13.0. The van der Waals surface area contributed by atoms with Crippen molar-refractivity contribution in [1.82, 2.24) is 9.55 Å². The van der Waals surface area contributed by atoms with E-state index in [9.17, 15) is 0 Å². The molecule has 0 aliphatic carbocycles. The zero-order valence-electron chi connectivity index (χ0n) is 9.37. The Kier molecular flexibility index (Phi) is 3.03. The summed E-state index contributed by atoms with van der Waals surface area (Å²) in [4.78, 5) is 4.46. The number of aryl methyl sites for hydroxylation is 1. The van der Waals surface area contributed by atoms with Gasteiger partial charge < -0.3 is 15.6 Å². The number of hydrogen-bond donors (Lipinski definition) is 2. The summed E-state index contributed by atoms with van der Waals surface area (Å²) in [5.74, 6) is 0.814. The minimum Gasteiger partial charge on any atom is -0.354 e. The van der Waals surface area contributed by atoms with Crippen molar-refractivity contribution < 1.29 is 0 Å². The van der Waals surface area contributed by atoms with Crippen molar-refractivity contribution in [3.63, 3.8) is 0 Å². The van der Waals surface area contributed by atoms with E-state index in [1.807, 2.05) is 36.7 Å². The van der Waals surface area contributed by atoms with Crippen LogP contribution >= 0.6 is 11.6 Å². The minimum atomic E-state index is 0.100. The Labute approximate surface area is 99.4 Å². The van der Waals surface area contributed by atoms with Gasteiger partial charge >= 0.3 is 0 Å². The predicted molar refractivity (Wildman–Crippen MR) is 67.9 cm³/mol. The first-order valence-corrected chi connectivity index (χ1v) is 5.57. The lowest BCUT2D eigenvalue weighted by Crippen LogP contribution is -2.26. The third-order valence-electron chi connectivity index (χ3n) is 2.43. The molecule has 0 aliphatic rings. The Morgan fingerprint density at radius 2 is 2.31 bits per heavy atom. The molecule has 0 aliphatic heterocycles. The van der Waals surface area contributed by atoms with Crippen LogP contribution < -0.4 is 11.1 Å². The van der Waals surface area contributed by atoms with Crippen molar-refractivity contribution in [1.29, 1.82) is 0 Å². The zero-order chi connectivity index (χ0) is 11.7. The lowest BCUT2D eigenvalue weighted by atomic mass is 10.3. The molecule has 3 N–H and O–H groups in total. The first-order chi connectivity index (χ1) is 7.58. The third kappa shape index (κ3) is 2.13. The highest BCUT2D eigenvalue weighted by atomic mass is 35.5. The van der Waals surface area contributed by atoms with Crippen LogP contribution in [0.3, 0.4) is 0 Å². The van der Waals surface area contributed by atoms with Crippen LogP contribution in [0.4, 0.5) is 5.95 Å². The molecule has 1 heterocycles. The number of anilines is 1. The summed E-state index contributed by atoms with van der Waals surface area (Å²) in [5, 5.41) is 3.90. The Morgan fingerprint density at radius 3 is 3.00 bits per heavy atom.